The van der Waals surface area contributed by atoms with Gasteiger partial charge in [0.2, 0.25) is 0 Å². The molecule has 7 heteroatoms. The molecule has 0 aliphatic carbocycles. The Morgan fingerprint density at radius 1 is 1.43 bits per heavy atom. The maximum absolute atomic E-state index is 12.2. The summed E-state index contributed by atoms with van der Waals surface area (Å²) >= 11 is 6.65. The fourth-order valence-corrected chi connectivity index (χ4v) is 5.54. The molecule has 0 aromatic heterocycles. The van der Waals surface area contributed by atoms with Gasteiger partial charge in [0.15, 0.2) is 9.84 Å². The number of nitrogens with two attached hydrogens (primary N) is 1. The Bertz CT molecular complexity index is 599. The van der Waals surface area contributed by atoms with Gasteiger partial charge in [0.1, 0.15) is 10.4 Å². The lowest BCUT2D eigenvalue weighted by Crippen LogP contribution is -2.47. The van der Waals surface area contributed by atoms with Crippen LogP contribution >= 0.6 is 24.0 Å². The first kappa shape index (κ1) is 16.7. The molecule has 0 radical (unpaired) electrons. The molecule has 1 unspecified atom stereocenters. The summed E-state index contributed by atoms with van der Waals surface area (Å²) in [5, 5.41) is -0.378. The van der Waals surface area contributed by atoms with Gasteiger partial charge < -0.3 is 5.73 Å². The van der Waals surface area contributed by atoms with E-state index in [1.807, 2.05) is 24.3 Å². The van der Waals surface area contributed by atoms with Crippen LogP contribution in [0.2, 0.25) is 0 Å². The normalized spacial score (nSPS) is 20.3. The molecule has 4 nitrogen and oxygen atoms in total. The lowest BCUT2D eigenvalue weighted by atomic mass is 10.1. The van der Waals surface area contributed by atoms with Gasteiger partial charge in [0, 0.05) is 35.9 Å². The Kier molecular flexibility index (Phi) is 5.65. The molecular formula is C14H20N2O2S3. The summed E-state index contributed by atoms with van der Waals surface area (Å²) in [4.78, 5) is 2.44. The number of rotatable bonds is 5. The highest BCUT2D eigenvalue weighted by Gasteiger charge is 2.32. The standard InChI is InChI=1S/C14H20N2O2S3/c1-2-21(17,18)13-10-20-8-7-16(13)9-11-3-5-12(6-4-11)14(15)19/h3-6,13H,2,7-10H2,1H3,(H2,15,19). The summed E-state index contributed by atoms with van der Waals surface area (Å²) in [5.41, 5.74) is 7.50. The van der Waals surface area contributed by atoms with Crippen LogP contribution in [-0.2, 0) is 16.4 Å². The van der Waals surface area contributed by atoms with E-state index in [2.05, 4.69) is 4.90 Å². The van der Waals surface area contributed by atoms with Crippen LogP contribution in [0.4, 0.5) is 0 Å². The van der Waals surface area contributed by atoms with E-state index < -0.39 is 9.84 Å². The van der Waals surface area contributed by atoms with E-state index in [1.165, 1.54) is 0 Å². The Morgan fingerprint density at radius 3 is 2.67 bits per heavy atom. The molecule has 1 aliphatic heterocycles. The minimum Gasteiger partial charge on any atom is -0.389 e. The van der Waals surface area contributed by atoms with Crippen LogP contribution in [0.5, 0.6) is 0 Å². The van der Waals surface area contributed by atoms with Crippen molar-refractivity contribution in [3.63, 3.8) is 0 Å². The summed E-state index contributed by atoms with van der Waals surface area (Å²) in [6, 6.07) is 7.71. The van der Waals surface area contributed by atoms with Crippen LogP contribution in [0.1, 0.15) is 18.1 Å². The van der Waals surface area contributed by atoms with Gasteiger partial charge in [0.05, 0.1) is 0 Å². The zero-order valence-electron chi connectivity index (χ0n) is 12.0. The molecule has 0 bridgehead atoms. The number of hydrogen-bond donors (Lipinski definition) is 1. The minimum absolute atomic E-state index is 0.190. The quantitative estimate of drug-likeness (QED) is 0.819. The van der Waals surface area contributed by atoms with E-state index in [0.717, 1.165) is 23.4 Å². The molecule has 21 heavy (non-hydrogen) atoms. The fourth-order valence-electron chi connectivity index (χ4n) is 2.33. The molecule has 116 valence electrons. The molecule has 0 saturated carbocycles. The Hall–Kier alpha value is -0.630. The van der Waals surface area contributed by atoms with Gasteiger partial charge in [0.25, 0.3) is 0 Å². The van der Waals surface area contributed by atoms with Gasteiger partial charge in [-0.2, -0.15) is 11.8 Å². The number of hydrogen-bond acceptors (Lipinski definition) is 5. The number of thioether (sulfide) groups is 1. The van der Waals surface area contributed by atoms with E-state index in [0.29, 0.717) is 17.3 Å². The van der Waals surface area contributed by atoms with E-state index in [9.17, 15) is 8.42 Å². The van der Waals surface area contributed by atoms with Crippen molar-refractivity contribution in [2.75, 3.05) is 23.8 Å². The second kappa shape index (κ2) is 7.09. The predicted molar refractivity (Wildman–Crippen MR) is 93.3 cm³/mol. The van der Waals surface area contributed by atoms with Crippen molar-refractivity contribution in [2.45, 2.75) is 18.8 Å². The molecule has 2 rings (SSSR count). The van der Waals surface area contributed by atoms with E-state index >= 15 is 0 Å². The van der Waals surface area contributed by atoms with E-state index in [1.54, 1.807) is 18.7 Å². The average Bonchev–Trinajstić information content (AvgIpc) is 2.48. The van der Waals surface area contributed by atoms with Crippen LogP contribution in [-0.4, -0.2) is 47.5 Å². The second-order valence-corrected chi connectivity index (χ2v) is 9.05. The number of thiocarbonyl (C=S) groups is 1. The minimum atomic E-state index is -3.05. The highest BCUT2D eigenvalue weighted by atomic mass is 32.2. The summed E-state index contributed by atoms with van der Waals surface area (Å²) < 4.78 is 24.4. The monoisotopic (exact) mass is 344 g/mol. The van der Waals surface area contributed by atoms with Gasteiger partial charge in [-0.25, -0.2) is 8.42 Å². The summed E-state index contributed by atoms with van der Waals surface area (Å²) in [6.07, 6.45) is 0. The number of nitrogens with zero attached hydrogens (tertiary/aromatic N) is 1. The first-order chi connectivity index (χ1) is 9.94. The summed E-state index contributed by atoms with van der Waals surface area (Å²) in [6.45, 7) is 3.15. The van der Waals surface area contributed by atoms with Gasteiger partial charge in [-0.05, 0) is 5.56 Å². The number of benzene rings is 1. The van der Waals surface area contributed by atoms with Crippen molar-refractivity contribution in [1.29, 1.82) is 0 Å². The average molecular weight is 345 g/mol. The molecule has 1 atom stereocenters. The Balaban J connectivity index is 2.14. The molecule has 1 aliphatic rings. The Morgan fingerprint density at radius 2 is 2.10 bits per heavy atom. The zero-order chi connectivity index (χ0) is 15.5. The van der Waals surface area contributed by atoms with Gasteiger partial charge >= 0.3 is 0 Å². The maximum Gasteiger partial charge on any atom is 0.166 e. The molecule has 1 heterocycles. The Labute approximate surface area is 136 Å². The van der Waals surface area contributed by atoms with Crippen LogP contribution in [0.25, 0.3) is 0 Å². The van der Waals surface area contributed by atoms with Gasteiger partial charge in [-0.3, -0.25) is 4.90 Å². The first-order valence-corrected chi connectivity index (χ1v) is 10.1. The third-order valence-corrected chi connectivity index (χ3v) is 7.20. The third-order valence-electron chi connectivity index (χ3n) is 3.63. The van der Waals surface area contributed by atoms with E-state index in [-0.39, 0.29) is 11.1 Å². The molecule has 0 amide bonds. The van der Waals surface area contributed by atoms with Crippen molar-refractivity contribution in [3.05, 3.63) is 35.4 Å². The van der Waals surface area contributed by atoms with Crippen molar-refractivity contribution in [2.24, 2.45) is 5.73 Å². The molecule has 0 spiro atoms. The van der Waals surface area contributed by atoms with E-state index in [4.69, 9.17) is 18.0 Å². The lowest BCUT2D eigenvalue weighted by molar-refractivity contribution is 0.261. The molecule has 2 N–H and O–H groups in total. The predicted octanol–water partition coefficient (Wildman–Crippen LogP) is 1.63. The maximum atomic E-state index is 12.2. The summed E-state index contributed by atoms with van der Waals surface area (Å²) in [5.74, 6) is 1.82. The highest BCUT2D eigenvalue weighted by molar-refractivity contribution is 8.01. The number of sulfone groups is 1. The SMILES string of the molecule is CCS(=O)(=O)C1CSCCN1Cc1ccc(C(N)=S)cc1. The van der Waals surface area contributed by atoms with Crippen molar-refractivity contribution in [3.8, 4) is 0 Å². The molecule has 1 aromatic rings. The third kappa shape index (κ3) is 4.18. The largest absolute Gasteiger partial charge is 0.389 e. The molecule has 1 aromatic carbocycles. The van der Waals surface area contributed by atoms with Crippen LogP contribution < -0.4 is 5.73 Å². The van der Waals surface area contributed by atoms with Gasteiger partial charge in [-0.15, -0.1) is 0 Å². The fraction of sp³-hybridized carbons (Fsp3) is 0.500. The summed E-state index contributed by atoms with van der Waals surface area (Å²) in [7, 11) is -3.05. The molecular weight excluding hydrogens is 324 g/mol. The highest BCUT2D eigenvalue weighted by Crippen LogP contribution is 2.23. The zero-order valence-corrected chi connectivity index (χ0v) is 14.4. The van der Waals surface area contributed by atoms with Crippen LogP contribution in [0.3, 0.4) is 0 Å². The lowest BCUT2D eigenvalue weighted by Gasteiger charge is -2.34. The second-order valence-electron chi connectivity index (χ2n) is 5.01. The molecule has 1 fully saturated rings. The van der Waals surface area contributed by atoms with Crippen molar-refractivity contribution >= 4 is 38.8 Å². The van der Waals surface area contributed by atoms with Crippen LogP contribution in [0.15, 0.2) is 24.3 Å². The van der Waals surface area contributed by atoms with Crippen molar-refractivity contribution in [1.82, 2.24) is 4.90 Å². The van der Waals surface area contributed by atoms with Crippen LogP contribution in [0, 0.1) is 0 Å². The first-order valence-electron chi connectivity index (χ1n) is 6.86. The van der Waals surface area contributed by atoms with Gasteiger partial charge in [-0.1, -0.05) is 43.4 Å². The smallest absolute Gasteiger partial charge is 0.166 e. The van der Waals surface area contributed by atoms with Crippen molar-refractivity contribution < 1.29 is 8.42 Å². The topological polar surface area (TPSA) is 63.4 Å². The molecule has 1 saturated heterocycles.